The van der Waals surface area contributed by atoms with Crippen LogP contribution in [0.15, 0.2) is 48.5 Å². The van der Waals surface area contributed by atoms with Gasteiger partial charge in [0.05, 0.1) is 13.2 Å². The molecular formula is C23H30N2O4. The molecule has 1 heterocycles. The Morgan fingerprint density at radius 2 is 1.86 bits per heavy atom. The molecule has 1 saturated heterocycles. The van der Waals surface area contributed by atoms with Crippen molar-refractivity contribution in [3.8, 4) is 11.5 Å². The Hall–Kier alpha value is -2.57. The van der Waals surface area contributed by atoms with Gasteiger partial charge in [-0.2, -0.15) is 0 Å². The second-order valence-corrected chi connectivity index (χ2v) is 7.43. The quantitative estimate of drug-likeness (QED) is 0.740. The first kappa shape index (κ1) is 21.1. The van der Waals surface area contributed by atoms with Gasteiger partial charge >= 0.3 is 0 Å². The van der Waals surface area contributed by atoms with Gasteiger partial charge in [-0.1, -0.05) is 36.4 Å². The van der Waals surface area contributed by atoms with Crippen molar-refractivity contribution >= 4 is 5.91 Å². The molecule has 0 radical (unpaired) electrons. The van der Waals surface area contributed by atoms with Crippen LogP contribution in [0.1, 0.15) is 24.0 Å². The Balaban J connectivity index is 1.60. The number of benzene rings is 2. The van der Waals surface area contributed by atoms with Gasteiger partial charge < -0.3 is 24.8 Å². The fraction of sp³-hybridized carbons (Fsp3) is 0.435. The maximum absolute atomic E-state index is 12.7. The predicted molar refractivity (Wildman–Crippen MR) is 112 cm³/mol. The lowest BCUT2D eigenvalue weighted by atomic mass is 9.91. The number of ether oxygens (including phenoxy) is 3. The summed E-state index contributed by atoms with van der Waals surface area (Å²) < 4.78 is 16.8. The summed E-state index contributed by atoms with van der Waals surface area (Å²) in [7, 11) is 3.40. The average Bonchev–Trinajstić information content (AvgIpc) is 2.78. The van der Waals surface area contributed by atoms with E-state index in [2.05, 4.69) is 0 Å². The molecule has 2 N–H and O–H groups in total. The van der Waals surface area contributed by atoms with E-state index in [1.165, 1.54) is 0 Å². The van der Waals surface area contributed by atoms with Crippen LogP contribution in [0.2, 0.25) is 0 Å². The topological polar surface area (TPSA) is 74.0 Å². The maximum Gasteiger partial charge on any atom is 0.239 e. The molecule has 1 aliphatic heterocycles. The SMILES string of the molecule is COc1cc(CN(C)C(=O)C(N)C2CCOCC2)ccc1OCc1ccccc1. The first-order valence-electron chi connectivity index (χ1n) is 10.0. The van der Waals surface area contributed by atoms with E-state index in [4.69, 9.17) is 19.9 Å². The van der Waals surface area contributed by atoms with Gasteiger partial charge in [-0.15, -0.1) is 0 Å². The summed E-state index contributed by atoms with van der Waals surface area (Å²) in [6.45, 7) is 2.29. The van der Waals surface area contributed by atoms with E-state index in [-0.39, 0.29) is 11.8 Å². The van der Waals surface area contributed by atoms with Crippen LogP contribution < -0.4 is 15.2 Å². The highest BCUT2D eigenvalue weighted by atomic mass is 16.5. The van der Waals surface area contributed by atoms with Crippen molar-refractivity contribution in [3.63, 3.8) is 0 Å². The Kier molecular flexibility index (Phi) is 7.49. The van der Waals surface area contributed by atoms with E-state index >= 15 is 0 Å². The van der Waals surface area contributed by atoms with E-state index in [1.54, 1.807) is 19.1 Å². The third-order valence-corrected chi connectivity index (χ3v) is 5.32. The first-order chi connectivity index (χ1) is 14.1. The van der Waals surface area contributed by atoms with Crippen molar-refractivity contribution in [1.82, 2.24) is 4.90 Å². The number of carbonyl (C=O) groups is 1. The van der Waals surface area contributed by atoms with Gasteiger partial charge in [0.2, 0.25) is 5.91 Å². The smallest absolute Gasteiger partial charge is 0.239 e. The van der Waals surface area contributed by atoms with Crippen molar-refractivity contribution in [2.45, 2.75) is 32.0 Å². The molecule has 1 fully saturated rings. The summed E-state index contributed by atoms with van der Waals surface area (Å²) >= 11 is 0. The van der Waals surface area contributed by atoms with Crippen molar-refractivity contribution in [1.29, 1.82) is 0 Å². The second kappa shape index (κ2) is 10.3. The molecule has 1 unspecified atom stereocenters. The molecular weight excluding hydrogens is 368 g/mol. The minimum Gasteiger partial charge on any atom is -0.493 e. The predicted octanol–water partition coefficient (Wildman–Crippen LogP) is 2.99. The van der Waals surface area contributed by atoms with Crippen LogP contribution in [-0.2, 0) is 22.7 Å². The number of nitrogens with two attached hydrogens (primary N) is 1. The molecule has 0 saturated carbocycles. The minimum absolute atomic E-state index is 0.0414. The monoisotopic (exact) mass is 398 g/mol. The highest BCUT2D eigenvalue weighted by Crippen LogP contribution is 2.29. The highest BCUT2D eigenvalue weighted by molar-refractivity contribution is 5.81. The van der Waals surface area contributed by atoms with E-state index in [1.807, 2.05) is 48.5 Å². The van der Waals surface area contributed by atoms with E-state index < -0.39 is 6.04 Å². The zero-order chi connectivity index (χ0) is 20.6. The summed E-state index contributed by atoms with van der Waals surface area (Å²) in [6, 6.07) is 15.2. The van der Waals surface area contributed by atoms with Crippen LogP contribution in [0.3, 0.4) is 0 Å². The molecule has 156 valence electrons. The zero-order valence-corrected chi connectivity index (χ0v) is 17.2. The molecule has 29 heavy (non-hydrogen) atoms. The first-order valence-corrected chi connectivity index (χ1v) is 10.0. The van der Waals surface area contributed by atoms with Gasteiger partial charge in [0.25, 0.3) is 0 Å². The van der Waals surface area contributed by atoms with Gasteiger partial charge in [-0.25, -0.2) is 0 Å². The third kappa shape index (κ3) is 5.71. The number of hydrogen-bond acceptors (Lipinski definition) is 5. The number of carbonyl (C=O) groups excluding carboxylic acids is 1. The molecule has 0 spiro atoms. The number of amides is 1. The molecule has 2 aromatic carbocycles. The van der Waals surface area contributed by atoms with E-state index in [0.717, 1.165) is 24.0 Å². The standard InChI is InChI=1S/C23H30N2O4/c1-25(23(26)22(24)19-10-12-28-13-11-19)15-18-8-9-20(21(14-18)27-2)29-16-17-6-4-3-5-7-17/h3-9,14,19,22H,10-13,15-16,24H2,1-2H3. The zero-order valence-electron chi connectivity index (χ0n) is 17.2. The molecule has 6 heteroatoms. The summed E-state index contributed by atoms with van der Waals surface area (Å²) in [6.07, 6.45) is 1.67. The van der Waals surface area contributed by atoms with Crippen LogP contribution in [0.4, 0.5) is 0 Å². The second-order valence-electron chi connectivity index (χ2n) is 7.43. The van der Waals surface area contributed by atoms with Gasteiger partial charge in [-0.3, -0.25) is 4.79 Å². The number of nitrogens with zero attached hydrogens (tertiary/aromatic N) is 1. The molecule has 1 aliphatic rings. The summed E-state index contributed by atoms with van der Waals surface area (Å²) in [5.74, 6) is 1.46. The Labute approximate surface area is 172 Å². The summed E-state index contributed by atoms with van der Waals surface area (Å²) in [4.78, 5) is 14.4. The Bertz CT molecular complexity index is 791. The van der Waals surface area contributed by atoms with Crippen molar-refractivity contribution in [2.24, 2.45) is 11.7 Å². The third-order valence-electron chi connectivity index (χ3n) is 5.32. The number of likely N-dealkylation sites (N-methyl/N-ethyl adjacent to an activating group) is 1. The van der Waals surface area contributed by atoms with Crippen molar-refractivity contribution in [3.05, 3.63) is 59.7 Å². The van der Waals surface area contributed by atoms with Crippen LogP contribution in [0.5, 0.6) is 11.5 Å². The maximum atomic E-state index is 12.7. The van der Waals surface area contributed by atoms with Crippen LogP contribution in [-0.4, -0.2) is 44.2 Å². The fourth-order valence-electron chi connectivity index (χ4n) is 3.55. The van der Waals surface area contributed by atoms with Crippen LogP contribution in [0, 0.1) is 5.92 Å². The molecule has 3 rings (SSSR count). The van der Waals surface area contributed by atoms with Gasteiger partial charge in [0.1, 0.15) is 6.61 Å². The van der Waals surface area contributed by atoms with Gasteiger partial charge in [-0.05, 0) is 42.0 Å². The number of methoxy groups -OCH3 is 1. The molecule has 0 aliphatic carbocycles. The van der Waals surface area contributed by atoms with Gasteiger partial charge in [0, 0.05) is 26.8 Å². The molecule has 6 nitrogen and oxygen atoms in total. The molecule has 1 atom stereocenters. The Morgan fingerprint density at radius 3 is 2.55 bits per heavy atom. The van der Waals surface area contributed by atoms with E-state index in [0.29, 0.717) is 37.9 Å². The molecule has 0 bridgehead atoms. The number of hydrogen-bond donors (Lipinski definition) is 1. The molecule has 0 aromatic heterocycles. The fourth-order valence-corrected chi connectivity index (χ4v) is 3.55. The van der Waals surface area contributed by atoms with E-state index in [9.17, 15) is 4.79 Å². The summed E-state index contributed by atoms with van der Waals surface area (Å²) in [5, 5.41) is 0. The number of rotatable bonds is 8. The molecule has 2 aromatic rings. The normalized spacial score (nSPS) is 15.6. The highest BCUT2D eigenvalue weighted by Gasteiger charge is 2.28. The van der Waals surface area contributed by atoms with Crippen LogP contribution in [0.25, 0.3) is 0 Å². The lowest BCUT2D eigenvalue weighted by Gasteiger charge is -2.30. The van der Waals surface area contributed by atoms with Gasteiger partial charge in [0.15, 0.2) is 11.5 Å². The minimum atomic E-state index is -0.487. The lowest BCUT2D eigenvalue weighted by molar-refractivity contribution is -0.133. The largest absolute Gasteiger partial charge is 0.493 e. The average molecular weight is 399 g/mol. The Morgan fingerprint density at radius 1 is 1.14 bits per heavy atom. The van der Waals surface area contributed by atoms with Crippen molar-refractivity contribution in [2.75, 3.05) is 27.4 Å². The lowest BCUT2D eigenvalue weighted by Crippen LogP contribution is -2.47. The van der Waals surface area contributed by atoms with Crippen LogP contribution >= 0.6 is 0 Å². The summed E-state index contributed by atoms with van der Waals surface area (Å²) in [5.41, 5.74) is 8.28. The van der Waals surface area contributed by atoms with Crippen molar-refractivity contribution < 1.29 is 19.0 Å². The molecule has 1 amide bonds.